The third-order valence-electron chi connectivity index (χ3n) is 12.4. The van der Waals surface area contributed by atoms with Crippen molar-refractivity contribution in [1.82, 2.24) is 5.32 Å². The lowest BCUT2D eigenvalue weighted by molar-refractivity contribution is -0.384. The van der Waals surface area contributed by atoms with Gasteiger partial charge in [-0.05, 0) is 91.0 Å². The monoisotopic (exact) mass is 641 g/mol. The van der Waals surface area contributed by atoms with Gasteiger partial charge >= 0.3 is 6.03 Å². The minimum Gasteiger partial charge on any atom is -0.378 e. The highest BCUT2D eigenvalue weighted by Crippen LogP contribution is 2.61. The van der Waals surface area contributed by atoms with Crippen molar-refractivity contribution in [3.8, 4) is 0 Å². The van der Waals surface area contributed by atoms with Gasteiger partial charge in [-0.3, -0.25) is 25.0 Å². The molecule has 3 saturated heterocycles. The molecule has 4 aliphatic heterocycles. The molecule has 0 radical (unpaired) electrons. The maximum Gasteiger partial charge on any atom is 0.335 e. The summed E-state index contributed by atoms with van der Waals surface area (Å²) >= 11 is 0. The molecule has 4 saturated carbocycles. The van der Waals surface area contributed by atoms with Crippen LogP contribution in [0.2, 0.25) is 0 Å². The Balaban J connectivity index is 1.09. The Hall–Kier alpha value is -4.03. The number of fused-ring (bicyclic) bond motifs is 4. The molecule has 12 heteroatoms. The predicted molar refractivity (Wildman–Crippen MR) is 172 cm³/mol. The molecule has 12 nitrogen and oxygen atoms in total. The van der Waals surface area contributed by atoms with Crippen molar-refractivity contribution in [2.24, 2.45) is 23.2 Å². The summed E-state index contributed by atoms with van der Waals surface area (Å²) in [6, 6.07) is 9.70. The molecule has 0 aromatic heterocycles. The fourth-order valence-electron chi connectivity index (χ4n) is 10.7. The Morgan fingerprint density at radius 3 is 2.17 bits per heavy atom. The number of hydrogen-bond acceptors (Lipinski definition) is 9. The molecule has 0 unspecified atom stereocenters. The summed E-state index contributed by atoms with van der Waals surface area (Å²) in [4.78, 5) is 59.1. The predicted octanol–water partition coefficient (Wildman–Crippen LogP) is 3.93. The van der Waals surface area contributed by atoms with Gasteiger partial charge in [0.05, 0.1) is 43.1 Å². The van der Waals surface area contributed by atoms with E-state index in [1.54, 1.807) is 0 Å². The van der Waals surface area contributed by atoms with Crippen molar-refractivity contribution in [2.45, 2.75) is 56.4 Å². The molecular weight excluding hydrogens is 602 g/mol. The number of nitro groups is 1. The number of nitro benzene ring substituents is 1. The van der Waals surface area contributed by atoms with Crippen LogP contribution >= 0.6 is 0 Å². The number of nitrogens with one attached hydrogen (secondary N) is 1. The summed E-state index contributed by atoms with van der Waals surface area (Å²) in [5.41, 5.74) is 1.84. The highest BCUT2D eigenvalue weighted by Gasteiger charge is 2.63. The standard InChI is InChI=1S/C35H39N5O7/c41-31-35(19-24-14-29(40(44)45)28(37-5-8-46-9-6-37)15-27(24)38-7-10-47-20-30(35)38)32(42)39(33(43)36-31)26-3-1-25(2-4-26)34-16-21-11-22(17-34)13-23(12-21)18-34/h1-4,14-15,21-23,30H,5-13,16-20H2,(H,36,41,43)/t21?,22?,23?,30-,34?,35-/m0/s1. The molecule has 10 rings (SSSR count). The fourth-order valence-corrected chi connectivity index (χ4v) is 10.7. The summed E-state index contributed by atoms with van der Waals surface area (Å²) in [7, 11) is 0. The van der Waals surface area contributed by atoms with Crippen molar-refractivity contribution < 1.29 is 28.8 Å². The van der Waals surface area contributed by atoms with E-state index in [0.717, 1.165) is 28.3 Å². The van der Waals surface area contributed by atoms with Crippen molar-refractivity contribution >= 4 is 40.6 Å². The third-order valence-corrected chi connectivity index (χ3v) is 12.4. The van der Waals surface area contributed by atoms with E-state index in [0.29, 0.717) is 56.4 Å². The van der Waals surface area contributed by atoms with Crippen molar-refractivity contribution in [1.29, 1.82) is 0 Å². The second-order valence-electron chi connectivity index (χ2n) is 14.9. The Morgan fingerprint density at radius 1 is 0.851 bits per heavy atom. The van der Waals surface area contributed by atoms with Crippen LogP contribution in [0.25, 0.3) is 0 Å². The molecule has 2 aromatic carbocycles. The molecule has 1 spiro atoms. The zero-order valence-electron chi connectivity index (χ0n) is 26.3. The van der Waals surface area contributed by atoms with Gasteiger partial charge in [0.2, 0.25) is 5.91 Å². The summed E-state index contributed by atoms with van der Waals surface area (Å²) in [5, 5.41) is 14.8. The molecule has 4 bridgehead atoms. The van der Waals surface area contributed by atoms with E-state index in [1.165, 1.54) is 50.2 Å². The zero-order valence-corrected chi connectivity index (χ0v) is 26.3. The number of benzene rings is 2. The van der Waals surface area contributed by atoms with Crippen molar-refractivity contribution in [2.75, 3.05) is 60.8 Å². The number of rotatable bonds is 4. The highest BCUT2D eigenvalue weighted by atomic mass is 16.6. The summed E-state index contributed by atoms with van der Waals surface area (Å²) in [5.74, 6) is 1.05. The molecule has 8 aliphatic rings. The van der Waals surface area contributed by atoms with Gasteiger partial charge in [-0.2, -0.15) is 0 Å². The van der Waals surface area contributed by atoms with Gasteiger partial charge in [0.25, 0.3) is 11.6 Å². The molecule has 7 fully saturated rings. The molecule has 4 aliphatic carbocycles. The number of morpholine rings is 2. The van der Waals surface area contributed by atoms with Gasteiger partial charge < -0.3 is 19.3 Å². The number of imide groups is 2. The van der Waals surface area contributed by atoms with Crippen LogP contribution in [0.3, 0.4) is 0 Å². The van der Waals surface area contributed by atoms with Crippen LogP contribution in [-0.4, -0.2) is 74.9 Å². The molecule has 2 atom stereocenters. The lowest BCUT2D eigenvalue weighted by Gasteiger charge is -2.57. The lowest BCUT2D eigenvalue weighted by Crippen LogP contribution is -2.74. The fraction of sp³-hybridized carbons (Fsp3) is 0.571. The number of hydrogen-bond donors (Lipinski definition) is 1. The van der Waals surface area contributed by atoms with Gasteiger partial charge in [-0.1, -0.05) is 12.1 Å². The Kier molecular flexibility index (Phi) is 6.50. The number of carbonyl (C=O) groups excluding carboxylic acids is 3. The summed E-state index contributed by atoms with van der Waals surface area (Å²) in [6.07, 6.45) is 7.56. The van der Waals surface area contributed by atoms with Crippen LogP contribution in [0.5, 0.6) is 0 Å². The molecule has 1 N–H and O–H groups in total. The Labute approximate surface area is 272 Å². The number of nitrogens with zero attached hydrogens (tertiary/aromatic N) is 4. The Morgan fingerprint density at radius 2 is 1.51 bits per heavy atom. The van der Waals surface area contributed by atoms with E-state index in [9.17, 15) is 24.5 Å². The molecule has 246 valence electrons. The topological polar surface area (TPSA) is 135 Å². The smallest absolute Gasteiger partial charge is 0.335 e. The minimum atomic E-state index is -1.71. The van der Waals surface area contributed by atoms with Crippen LogP contribution in [0, 0.1) is 33.3 Å². The number of ether oxygens (including phenoxy) is 2. The first-order chi connectivity index (χ1) is 22.8. The largest absolute Gasteiger partial charge is 0.378 e. The van der Waals surface area contributed by atoms with Crippen molar-refractivity contribution in [3.05, 3.63) is 57.6 Å². The van der Waals surface area contributed by atoms with Crippen LogP contribution in [0.4, 0.5) is 27.5 Å². The molecule has 2 aromatic rings. The third kappa shape index (κ3) is 4.29. The first kappa shape index (κ1) is 29.1. The SMILES string of the molecule is O=C1NC(=O)[C@@]2(Cc3cc([N+](=O)[O-])c(N4CCOCC4)cc3N3CCOC[C@H]32)C(=O)N1c1ccc(C23CC4CC(CC(C4)C2)C3)cc1. The van der Waals surface area contributed by atoms with E-state index >= 15 is 0 Å². The Bertz CT molecular complexity index is 1650. The van der Waals surface area contributed by atoms with Crippen LogP contribution in [0.15, 0.2) is 36.4 Å². The van der Waals surface area contributed by atoms with Crippen LogP contribution in [0.1, 0.15) is 49.7 Å². The number of urea groups is 1. The lowest BCUT2D eigenvalue weighted by atomic mass is 9.48. The number of amides is 4. The molecule has 47 heavy (non-hydrogen) atoms. The first-order valence-corrected chi connectivity index (χ1v) is 17.0. The summed E-state index contributed by atoms with van der Waals surface area (Å²) < 4.78 is 11.4. The van der Waals surface area contributed by atoms with Gasteiger partial charge in [-0.25, -0.2) is 9.69 Å². The van der Waals surface area contributed by atoms with Gasteiger partial charge in [0.15, 0.2) is 5.41 Å². The van der Waals surface area contributed by atoms with Crippen LogP contribution < -0.4 is 20.0 Å². The van der Waals surface area contributed by atoms with Gasteiger partial charge in [0, 0.05) is 37.8 Å². The average Bonchev–Trinajstić information content (AvgIpc) is 3.07. The number of barbiturate groups is 1. The van der Waals surface area contributed by atoms with E-state index in [-0.39, 0.29) is 24.1 Å². The average molecular weight is 642 g/mol. The van der Waals surface area contributed by atoms with E-state index < -0.39 is 34.2 Å². The first-order valence-electron chi connectivity index (χ1n) is 17.0. The number of carbonyl (C=O) groups is 3. The second kappa shape index (κ2) is 10.5. The zero-order chi connectivity index (χ0) is 32.1. The van der Waals surface area contributed by atoms with E-state index in [2.05, 4.69) is 17.4 Å². The molecule has 4 amide bonds. The maximum absolute atomic E-state index is 14.7. The normalized spacial score (nSPS) is 34.4. The van der Waals surface area contributed by atoms with E-state index in [4.69, 9.17) is 9.47 Å². The quantitative estimate of drug-likeness (QED) is 0.299. The van der Waals surface area contributed by atoms with Gasteiger partial charge in [0.1, 0.15) is 5.69 Å². The summed E-state index contributed by atoms with van der Waals surface area (Å²) in [6.45, 7) is 2.87. The van der Waals surface area contributed by atoms with E-state index in [1.807, 2.05) is 28.0 Å². The number of anilines is 3. The molecular formula is C35H39N5O7. The van der Waals surface area contributed by atoms with Crippen molar-refractivity contribution in [3.63, 3.8) is 0 Å². The highest BCUT2D eigenvalue weighted by molar-refractivity contribution is 6.30. The second-order valence-corrected chi connectivity index (χ2v) is 14.9. The minimum absolute atomic E-state index is 0.0793. The maximum atomic E-state index is 14.7. The molecule has 4 heterocycles. The van der Waals surface area contributed by atoms with Gasteiger partial charge in [-0.15, -0.1) is 0 Å². The van der Waals surface area contributed by atoms with Crippen LogP contribution in [-0.2, 0) is 30.9 Å².